The van der Waals surface area contributed by atoms with E-state index in [0.717, 1.165) is 6.07 Å². The number of carbonyl (C=O) groups excluding carboxylic acids is 1. The van der Waals surface area contributed by atoms with E-state index in [2.05, 4.69) is 5.32 Å². The average Bonchev–Trinajstić information content (AvgIpc) is 2.41. The van der Waals surface area contributed by atoms with Crippen molar-refractivity contribution in [3.8, 4) is 6.07 Å². The van der Waals surface area contributed by atoms with Crippen molar-refractivity contribution in [2.75, 3.05) is 0 Å². The summed E-state index contributed by atoms with van der Waals surface area (Å²) < 4.78 is 38.3. The lowest BCUT2D eigenvalue weighted by Gasteiger charge is -2.14. The molecule has 1 unspecified atom stereocenters. The van der Waals surface area contributed by atoms with E-state index in [1.54, 1.807) is 0 Å². The summed E-state index contributed by atoms with van der Waals surface area (Å²) in [7, 11) is 0. The van der Waals surface area contributed by atoms with Gasteiger partial charge in [0.1, 0.15) is 5.92 Å². The van der Waals surface area contributed by atoms with Gasteiger partial charge in [-0.25, -0.2) is 0 Å². The first-order chi connectivity index (χ1) is 9.40. The molecular weight excluding hydrogens is 269 g/mol. The molecule has 0 bridgehead atoms. The number of hydrogen-bond donors (Lipinski definition) is 1. The molecule has 108 valence electrons. The molecule has 0 aliphatic rings. The minimum Gasteiger partial charge on any atom is -0.351 e. The molecule has 0 radical (unpaired) electrons. The first-order valence-electron chi connectivity index (χ1n) is 6.22. The summed E-state index contributed by atoms with van der Waals surface area (Å²) in [6, 6.07) is 6.90. The fourth-order valence-corrected chi connectivity index (χ4v) is 1.80. The summed E-state index contributed by atoms with van der Waals surface area (Å²) in [5.74, 6) is -1.36. The molecule has 1 rings (SSSR count). The summed E-state index contributed by atoms with van der Waals surface area (Å²) in [4.78, 5) is 11.7. The first kappa shape index (κ1) is 16.0. The van der Waals surface area contributed by atoms with Gasteiger partial charge >= 0.3 is 6.18 Å². The second kappa shape index (κ2) is 6.94. The lowest BCUT2D eigenvalue weighted by molar-refractivity contribution is -0.138. The summed E-state index contributed by atoms with van der Waals surface area (Å²) in [5.41, 5.74) is -0.786. The van der Waals surface area contributed by atoms with Crippen molar-refractivity contribution < 1.29 is 18.0 Å². The number of rotatable bonds is 5. The number of carbonyl (C=O) groups is 1. The Morgan fingerprint density at radius 3 is 2.60 bits per heavy atom. The minimum atomic E-state index is -4.46. The molecule has 1 aromatic rings. The normalized spacial score (nSPS) is 12.6. The Morgan fingerprint density at radius 1 is 1.40 bits per heavy atom. The fraction of sp³-hybridized carbons (Fsp3) is 0.429. The maximum absolute atomic E-state index is 12.8. The molecule has 0 aliphatic carbocycles. The SMILES string of the molecule is CCCC(C#N)C(=O)NCc1ccccc1C(F)(F)F. The highest BCUT2D eigenvalue weighted by Crippen LogP contribution is 2.31. The molecule has 0 saturated heterocycles. The molecule has 6 heteroatoms. The number of nitrogens with one attached hydrogen (secondary N) is 1. The molecule has 0 spiro atoms. The Hall–Kier alpha value is -2.03. The lowest BCUT2D eigenvalue weighted by atomic mass is 10.0. The van der Waals surface area contributed by atoms with Crippen molar-refractivity contribution in [3.05, 3.63) is 35.4 Å². The largest absolute Gasteiger partial charge is 0.416 e. The van der Waals surface area contributed by atoms with Crippen LogP contribution >= 0.6 is 0 Å². The number of halogens is 3. The Morgan fingerprint density at radius 2 is 2.05 bits per heavy atom. The van der Waals surface area contributed by atoms with Gasteiger partial charge < -0.3 is 5.32 Å². The minimum absolute atomic E-state index is 0.0125. The van der Waals surface area contributed by atoms with Gasteiger partial charge in [0.15, 0.2) is 0 Å². The number of nitrogens with zero attached hydrogens (tertiary/aromatic N) is 1. The second-order valence-corrected chi connectivity index (χ2v) is 4.34. The van der Waals surface area contributed by atoms with Crippen LogP contribution in [0.4, 0.5) is 13.2 Å². The maximum Gasteiger partial charge on any atom is 0.416 e. The molecule has 1 N–H and O–H groups in total. The molecule has 0 aliphatic heterocycles. The quantitative estimate of drug-likeness (QED) is 0.902. The summed E-state index contributed by atoms with van der Waals surface area (Å²) in [6.07, 6.45) is -3.41. The van der Waals surface area contributed by atoms with E-state index in [1.165, 1.54) is 18.2 Å². The van der Waals surface area contributed by atoms with E-state index in [9.17, 15) is 18.0 Å². The van der Waals surface area contributed by atoms with Gasteiger partial charge in [0, 0.05) is 6.54 Å². The number of nitriles is 1. The topological polar surface area (TPSA) is 52.9 Å². The van der Waals surface area contributed by atoms with Gasteiger partial charge in [0.25, 0.3) is 0 Å². The van der Waals surface area contributed by atoms with Crippen LogP contribution in [0.5, 0.6) is 0 Å². The molecule has 1 aromatic carbocycles. The average molecular weight is 284 g/mol. The van der Waals surface area contributed by atoms with E-state index in [4.69, 9.17) is 5.26 Å². The third-order valence-corrected chi connectivity index (χ3v) is 2.83. The molecule has 1 atom stereocenters. The molecule has 1 amide bonds. The van der Waals surface area contributed by atoms with Crippen molar-refractivity contribution in [2.45, 2.75) is 32.5 Å². The summed E-state index contributed by atoms with van der Waals surface area (Å²) in [5, 5.41) is 11.2. The van der Waals surface area contributed by atoms with E-state index in [-0.39, 0.29) is 12.1 Å². The molecule has 3 nitrogen and oxygen atoms in total. The van der Waals surface area contributed by atoms with Crippen molar-refractivity contribution in [1.29, 1.82) is 5.26 Å². The highest BCUT2D eigenvalue weighted by Gasteiger charge is 2.32. The summed E-state index contributed by atoms with van der Waals surface area (Å²) >= 11 is 0. The number of benzene rings is 1. The van der Waals surface area contributed by atoms with Gasteiger partial charge in [0.2, 0.25) is 5.91 Å². The first-order valence-corrected chi connectivity index (χ1v) is 6.22. The van der Waals surface area contributed by atoms with Crippen LogP contribution in [-0.4, -0.2) is 5.91 Å². The van der Waals surface area contributed by atoms with Crippen LogP contribution in [0.15, 0.2) is 24.3 Å². The molecule has 0 fully saturated rings. The van der Waals surface area contributed by atoms with Crippen LogP contribution in [0.3, 0.4) is 0 Å². The standard InChI is InChI=1S/C14H15F3N2O/c1-2-5-10(8-18)13(20)19-9-11-6-3-4-7-12(11)14(15,16)17/h3-4,6-7,10H,2,5,9H2,1H3,(H,19,20). The zero-order valence-electron chi connectivity index (χ0n) is 11.0. The zero-order valence-corrected chi connectivity index (χ0v) is 11.0. The highest BCUT2D eigenvalue weighted by molar-refractivity contribution is 5.81. The van der Waals surface area contributed by atoms with Crippen molar-refractivity contribution in [1.82, 2.24) is 5.32 Å². The molecule has 0 aromatic heterocycles. The van der Waals surface area contributed by atoms with Gasteiger partial charge in [-0.2, -0.15) is 18.4 Å². The van der Waals surface area contributed by atoms with Crippen LogP contribution in [0.1, 0.15) is 30.9 Å². The number of amides is 1. The van der Waals surface area contributed by atoms with Gasteiger partial charge in [-0.3, -0.25) is 4.79 Å². The van der Waals surface area contributed by atoms with Crippen molar-refractivity contribution >= 4 is 5.91 Å². The third kappa shape index (κ3) is 4.26. The Balaban J connectivity index is 2.76. The highest BCUT2D eigenvalue weighted by atomic mass is 19.4. The van der Waals surface area contributed by atoms with Gasteiger partial charge in [-0.1, -0.05) is 31.5 Å². The summed E-state index contributed by atoms with van der Waals surface area (Å²) in [6.45, 7) is 1.59. The predicted molar refractivity (Wildman–Crippen MR) is 67.3 cm³/mol. The Bertz CT molecular complexity index is 506. The van der Waals surface area contributed by atoms with Gasteiger partial charge in [0.05, 0.1) is 11.6 Å². The van der Waals surface area contributed by atoms with Crippen LogP contribution in [0.25, 0.3) is 0 Å². The smallest absolute Gasteiger partial charge is 0.351 e. The zero-order chi connectivity index (χ0) is 15.2. The monoisotopic (exact) mass is 284 g/mol. The van der Waals surface area contributed by atoms with Crippen LogP contribution in [0.2, 0.25) is 0 Å². The van der Waals surface area contributed by atoms with Gasteiger partial charge in [-0.15, -0.1) is 0 Å². The van der Waals surface area contributed by atoms with Crippen LogP contribution < -0.4 is 5.32 Å². The van der Waals surface area contributed by atoms with Crippen molar-refractivity contribution in [2.24, 2.45) is 5.92 Å². The molecule has 0 saturated carbocycles. The van der Waals surface area contributed by atoms with Crippen molar-refractivity contribution in [3.63, 3.8) is 0 Å². The molecule has 20 heavy (non-hydrogen) atoms. The molecular formula is C14H15F3N2O. The maximum atomic E-state index is 12.8. The van der Waals surface area contributed by atoms with Gasteiger partial charge in [-0.05, 0) is 18.1 Å². The second-order valence-electron chi connectivity index (χ2n) is 4.34. The van der Waals surface area contributed by atoms with E-state index in [0.29, 0.717) is 12.8 Å². The third-order valence-electron chi connectivity index (χ3n) is 2.83. The van der Waals surface area contributed by atoms with E-state index in [1.807, 2.05) is 13.0 Å². The lowest BCUT2D eigenvalue weighted by Crippen LogP contribution is -2.30. The number of alkyl halides is 3. The van der Waals surface area contributed by atoms with E-state index >= 15 is 0 Å². The Kier molecular flexibility index (Phi) is 5.56. The van der Waals surface area contributed by atoms with E-state index < -0.39 is 23.6 Å². The predicted octanol–water partition coefficient (Wildman–Crippen LogP) is 3.26. The van der Waals surface area contributed by atoms with Crippen LogP contribution in [0, 0.1) is 17.2 Å². The van der Waals surface area contributed by atoms with Crippen LogP contribution in [-0.2, 0) is 17.5 Å². The fourth-order valence-electron chi connectivity index (χ4n) is 1.80. The Labute approximate surface area is 115 Å². The molecule has 0 heterocycles. The number of hydrogen-bond acceptors (Lipinski definition) is 2.